The monoisotopic (exact) mass is 321 g/mol. The first-order valence-electron chi connectivity index (χ1n) is 7.61. The van der Waals surface area contributed by atoms with Crippen molar-refractivity contribution in [2.45, 2.75) is 31.6 Å². The molecule has 1 atom stereocenters. The molecule has 0 fully saturated rings. The van der Waals surface area contributed by atoms with Crippen molar-refractivity contribution < 1.29 is 0 Å². The smallest absolute Gasteiger partial charge is 0.00579 e. The lowest BCUT2D eigenvalue weighted by Crippen LogP contribution is -2.28. The van der Waals surface area contributed by atoms with Gasteiger partial charge in [-0.2, -0.15) is 0 Å². The first kappa shape index (κ1) is 16.5. The summed E-state index contributed by atoms with van der Waals surface area (Å²) in [6, 6.07) is 13.4. The van der Waals surface area contributed by atoms with Gasteiger partial charge in [-0.15, -0.1) is 23.7 Å². The van der Waals surface area contributed by atoms with Gasteiger partial charge in [0.05, 0.1) is 0 Å². The van der Waals surface area contributed by atoms with Crippen LogP contribution in [0.3, 0.4) is 0 Å². The highest BCUT2D eigenvalue weighted by molar-refractivity contribution is 7.09. The zero-order valence-corrected chi connectivity index (χ0v) is 14.3. The van der Waals surface area contributed by atoms with E-state index in [-0.39, 0.29) is 12.4 Å². The van der Waals surface area contributed by atoms with Crippen molar-refractivity contribution in [2.75, 3.05) is 20.1 Å². The van der Waals surface area contributed by atoms with Crippen molar-refractivity contribution in [1.29, 1.82) is 0 Å². The number of aryl methyl sites for hydroxylation is 1. The lowest BCUT2D eigenvalue weighted by molar-refractivity contribution is 0.301. The number of benzene rings is 1. The van der Waals surface area contributed by atoms with E-state index in [1.54, 1.807) is 11.1 Å². The van der Waals surface area contributed by atoms with E-state index in [0.29, 0.717) is 0 Å². The molecule has 0 N–H and O–H groups in total. The maximum Gasteiger partial charge on any atom is 0.00579 e. The molecule has 0 saturated heterocycles. The van der Waals surface area contributed by atoms with Gasteiger partial charge in [0, 0.05) is 18.0 Å². The Morgan fingerprint density at radius 2 is 2.05 bits per heavy atom. The summed E-state index contributed by atoms with van der Waals surface area (Å²) in [5.74, 6) is 0.730. The molecular formula is C18H24ClNS. The van der Waals surface area contributed by atoms with Crippen molar-refractivity contribution in [1.82, 2.24) is 4.90 Å². The summed E-state index contributed by atoms with van der Waals surface area (Å²) in [6.45, 7) is 2.36. The first-order valence-corrected chi connectivity index (χ1v) is 8.49. The molecule has 1 aromatic heterocycles. The molecule has 1 nitrogen and oxygen atoms in total. The van der Waals surface area contributed by atoms with E-state index in [1.807, 2.05) is 11.3 Å². The summed E-state index contributed by atoms with van der Waals surface area (Å²) in [6.07, 6.45) is 5.15. The normalized spacial score (nSPS) is 17.3. The Bertz CT molecular complexity index is 538. The number of hydrogen-bond acceptors (Lipinski definition) is 2. The molecule has 1 aliphatic carbocycles. The molecule has 2 aromatic rings. The van der Waals surface area contributed by atoms with Crippen LogP contribution in [-0.4, -0.2) is 25.0 Å². The number of thiophene rings is 1. The van der Waals surface area contributed by atoms with Gasteiger partial charge in [0.15, 0.2) is 0 Å². The molecule has 21 heavy (non-hydrogen) atoms. The molecule has 1 aliphatic rings. The molecule has 0 bridgehead atoms. The lowest BCUT2D eigenvalue weighted by Gasteiger charge is -2.29. The van der Waals surface area contributed by atoms with Crippen LogP contribution < -0.4 is 0 Å². The van der Waals surface area contributed by atoms with Crippen LogP contribution >= 0.6 is 23.7 Å². The van der Waals surface area contributed by atoms with E-state index in [2.05, 4.69) is 53.7 Å². The summed E-state index contributed by atoms with van der Waals surface area (Å²) in [5.41, 5.74) is 3.18. The number of nitrogens with zero attached hydrogens (tertiary/aromatic N) is 1. The van der Waals surface area contributed by atoms with Gasteiger partial charge in [0.25, 0.3) is 0 Å². The third-order valence-electron chi connectivity index (χ3n) is 4.35. The Morgan fingerprint density at radius 3 is 2.86 bits per heavy atom. The van der Waals surface area contributed by atoms with E-state index in [4.69, 9.17) is 0 Å². The molecule has 0 radical (unpaired) electrons. The number of rotatable bonds is 5. The average Bonchev–Trinajstić information content (AvgIpc) is 2.99. The van der Waals surface area contributed by atoms with Crippen molar-refractivity contribution >= 4 is 23.7 Å². The second kappa shape index (κ2) is 7.98. The predicted molar refractivity (Wildman–Crippen MR) is 94.9 cm³/mol. The minimum Gasteiger partial charge on any atom is -0.305 e. The first-order chi connectivity index (χ1) is 9.83. The third-order valence-corrected chi connectivity index (χ3v) is 5.28. The molecular weight excluding hydrogens is 298 g/mol. The van der Waals surface area contributed by atoms with E-state index in [9.17, 15) is 0 Å². The largest absolute Gasteiger partial charge is 0.305 e. The zero-order chi connectivity index (χ0) is 13.8. The van der Waals surface area contributed by atoms with E-state index >= 15 is 0 Å². The zero-order valence-electron chi connectivity index (χ0n) is 12.6. The number of fused-ring (bicyclic) bond motifs is 1. The predicted octanol–water partition coefficient (Wildman–Crippen LogP) is 4.76. The second-order valence-corrected chi connectivity index (χ2v) is 6.91. The van der Waals surface area contributed by atoms with Gasteiger partial charge in [0.2, 0.25) is 0 Å². The van der Waals surface area contributed by atoms with E-state index in [1.165, 1.54) is 43.6 Å². The maximum atomic E-state index is 2.51. The van der Waals surface area contributed by atoms with Gasteiger partial charge in [-0.25, -0.2) is 0 Å². The van der Waals surface area contributed by atoms with Gasteiger partial charge in [-0.1, -0.05) is 30.3 Å². The summed E-state index contributed by atoms with van der Waals surface area (Å²) in [7, 11) is 2.27. The summed E-state index contributed by atoms with van der Waals surface area (Å²) < 4.78 is 0. The molecule has 1 unspecified atom stereocenters. The van der Waals surface area contributed by atoms with Crippen molar-refractivity contribution in [3.8, 4) is 0 Å². The minimum absolute atomic E-state index is 0. The van der Waals surface area contributed by atoms with Crippen LogP contribution in [0.4, 0.5) is 0 Å². The van der Waals surface area contributed by atoms with Crippen molar-refractivity contribution in [2.24, 2.45) is 0 Å². The standard InChI is InChI=1S/C18H23NS.ClH/c1-19(12-11-17-9-5-13-20-17)14-16-8-4-7-15-6-2-3-10-18(15)16;/h2-3,5-6,9-10,13,16H,4,7-8,11-12,14H2,1H3;1H. The summed E-state index contributed by atoms with van der Waals surface area (Å²) >= 11 is 1.87. The van der Waals surface area contributed by atoms with Crippen molar-refractivity contribution in [3.05, 3.63) is 57.8 Å². The fourth-order valence-electron chi connectivity index (χ4n) is 3.27. The molecule has 114 valence electrons. The van der Waals surface area contributed by atoms with Crippen LogP contribution in [0.2, 0.25) is 0 Å². The molecule has 1 heterocycles. The van der Waals surface area contributed by atoms with Crippen molar-refractivity contribution in [3.63, 3.8) is 0 Å². The molecule has 0 aliphatic heterocycles. The Morgan fingerprint density at radius 1 is 1.19 bits per heavy atom. The van der Waals surface area contributed by atoms with Crippen LogP contribution in [0.15, 0.2) is 41.8 Å². The molecule has 0 spiro atoms. The Kier molecular flexibility index (Phi) is 6.28. The molecule has 1 aromatic carbocycles. The molecule has 3 heteroatoms. The fourth-order valence-corrected chi connectivity index (χ4v) is 3.97. The Balaban J connectivity index is 0.00000161. The van der Waals surface area contributed by atoms with Crippen LogP contribution in [0, 0.1) is 0 Å². The minimum atomic E-state index is 0. The van der Waals surface area contributed by atoms with Gasteiger partial charge < -0.3 is 4.90 Å². The summed E-state index contributed by atoms with van der Waals surface area (Å²) in [5, 5.41) is 2.17. The fraction of sp³-hybridized carbons (Fsp3) is 0.444. The van der Waals surface area contributed by atoms with Gasteiger partial charge in [-0.05, 0) is 61.2 Å². The van der Waals surface area contributed by atoms with Crippen LogP contribution in [-0.2, 0) is 12.8 Å². The van der Waals surface area contributed by atoms with Gasteiger partial charge in [0.1, 0.15) is 0 Å². The lowest BCUT2D eigenvalue weighted by atomic mass is 9.82. The average molecular weight is 322 g/mol. The Labute approximate surface area is 138 Å². The second-order valence-electron chi connectivity index (χ2n) is 5.88. The molecule has 3 rings (SSSR count). The molecule has 0 amide bonds. The van der Waals surface area contributed by atoms with E-state index < -0.39 is 0 Å². The summed E-state index contributed by atoms with van der Waals surface area (Å²) in [4.78, 5) is 4.01. The number of hydrogen-bond donors (Lipinski definition) is 0. The van der Waals surface area contributed by atoms with Crippen LogP contribution in [0.1, 0.15) is 34.8 Å². The number of halogens is 1. The van der Waals surface area contributed by atoms with Gasteiger partial charge in [-0.3, -0.25) is 0 Å². The van der Waals surface area contributed by atoms with E-state index in [0.717, 1.165) is 5.92 Å². The van der Waals surface area contributed by atoms with Crippen LogP contribution in [0.25, 0.3) is 0 Å². The highest BCUT2D eigenvalue weighted by atomic mass is 35.5. The highest BCUT2D eigenvalue weighted by Gasteiger charge is 2.20. The topological polar surface area (TPSA) is 3.24 Å². The number of likely N-dealkylation sites (N-methyl/N-ethyl adjacent to an activating group) is 1. The quantitative estimate of drug-likeness (QED) is 0.767. The Hall–Kier alpha value is -0.830. The third kappa shape index (κ3) is 4.32. The highest BCUT2D eigenvalue weighted by Crippen LogP contribution is 2.31. The molecule has 0 saturated carbocycles. The maximum absolute atomic E-state index is 2.51. The SMILES string of the molecule is CN(CCc1cccs1)CC1CCCc2ccccc21.Cl. The van der Waals surface area contributed by atoms with Gasteiger partial charge >= 0.3 is 0 Å². The van der Waals surface area contributed by atoms with Crippen LogP contribution in [0.5, 0.6) is 0 Å².